The molecule has 136 valence electrons. The van der Waals surface area contributed by atoms with Crippen LogP contribution in [0.1, 0.15) is 19.4 Å². The Bertz CT molecular complexity index is 822. The topological polar surface area (TPSA) is 46.0 Å². The molecule has 0 unspecified atom stereocenters. The van der Waals surface area contributed by atoms with E-state index in [1.54, 1.807) is 6.20 Å². The van der Waals surface area contributed by atoms with E-state index in [4.69, 9.17) is 5.10 Å². The molecule has 0 aliphatic heterocycles. The van der Waals surface area contributed by atoms with Crippen LogP contribution in [0.2, 0.25) is 0 Å². The largest absolute Gasteiger partial charge is 0.311 e. The highest BCUT2D eigenvalue weighted by molar-refractivity contribution is 5.62. The quantitative estimate of drug-likeness (QED) is 0.710. The van der Waals surface area contributed by atoms with Crippen LogP contribution in [0.5, 0.6) is 0 Å². The van der Waals surface area contributed by atoms with Crippen LogP contribution in [-0.2, 0) is 6.54 Å². The number of nitrogens with one attached hydrogen (secondary N) is 1. The normalized spacial score (nSPS) is 11.9. The van der Waals surface area contributed by atoms with Crippen molar-refractivity contribution in [3.05, 3.63) is 66.6 Å². The zero-order valence-corrected chi connectivity index (χ0v) is 16.0. The first-order chi connectivity index (χ1) is 12.5. The second kappa shape index (κ2) is 7.81. The fourth-order valence-corrected chi connectivity index (χ4v) is 2.66. The minimum Gasteiger partial charge on any atom is -0.311 e. The SMILES string of the molecule is CN(C)C(C)(C)CNCc1cn(-c2ccccc2)nc1-c1cccnc1. The first kappa shape index (κ1) is 18.3. The Morgan fingerprint density at radius 1 is 1.08 bits per heavy atom. The molecule has 1 aromatic carbocycles. The van der Waals surface area contributed by atoms with Crippen molar-refractivity contribution in [1.82, 2.24) is 25.0 Å². The molecule has 5 heteroatoms. The van der Waals surface area contributed by atoms with Gasteiger partial charge in [-0.2, -0.15) is 5.10 Å². The molecule has 2 heterocycles. The molecule has 0 amide bonds. The Hall–Kier alpha value is -2.50. The van der Waals surface area contributed by atoms with Crippen molar-refractivity contribution in [2.24, 2.45) is 0 Å². The Labute approximate surface area is 155 Å². The maximum Gasteiger partial charge on any atom is 0.0988 e. The van der Waals surface area contributed by atoms with Gasteiger partial charge >= 0.3 is 0 Å². The molecule has 0 fully saturated rings. The van der Waals surface area contributed by atoms with E-state index in [0.717, 1.165) is 35.6 Å². The standard InChI is InChI=1S/C21H27N5/c1-21(2,25(3)4)16-23-14-18-15-26(19-10-6-5-7-11-19)24-20(18)17-9-8-12-22-13-17/h5-13,15,23H,14,16H2,1-4H3. The van der Waals surface area contributed by atoms with Crippen molar-refractivity contribution in [2.45, 2.75) is 25.9 Å². The van der Waals surface area contributed by atoms with Gasteiger partial charge in [0.25, 0.3) is 0 Å². The van der Waals surface area contributed by atoms with Gasteiger partial charge < -0.3 is 10.2 Å². The van der Waals surface area contributed by atoms with Crippen LogP contribution >= 0.6 is 0 Å². The number of nitrogens with zero attached hydrogens (tertiary/aromatic N) is 4. The van der Waals surface area contributed by atoms with Crippen LogP contribution < -0.4 is 5.32 Å². The van der Waals surface area contributed by atoms with E-state index in [0.29, 0.717) is 0 Å². The van der Waals surface area contributed by atoms with E-state index >= 15 is 0 Å². The molecule has 0 aliphatic rings. The van der Waals surface area contributed by atoms with Gasteiger partial charge in [-0.3, -0.25) is 4.98 Å². The van der Waals surface area contributed by atoms with Crippen LogP contribution in [0.25, 0.3) is 16.9 Å². The second-order valence-corrected chi connectivity index (χ2v) is 7.34. The molecule has 0 bridgehead atoms. The highest BCUT2D eigenvalue weighted by Crippen LogP contribution is 2.23. The molecule has 0 aliphatic carbocycles. The molecule has 0 saturated carbocycles. The molecule has 3 rings (SSSR count). The number of aromatic nitrogens is 3. The van der Waals surface area contributed by atoms with Crippen molar-refractivity contribution >= 4 is 0 Å². The Balaban J connectivity index is 1.87. The smallest absolute Gasteiger partial charge is 0.0988 e. The van der Waals surface area contributed by atoms with Gasteiger partial charge in [0.2, 0.25) is 0 Å². The third-order valence-corrected chi connectivity index (χ3v) is 4.83. The lowest BCUT2D eigenvalue weighted by Crippen LogP contribution is -2.46. The monoisotopic (exact) mass is 349 g/mol. The highest BCUT2D eigenvalue weighted by atomic mass is 15.3. The predicted molar refractivity (Wildman–Crippen MR) is 106 cm³/mol. The minimum absolute atomic E-state index is 0.0872. The zero-order valence-electron chi connectivity index (χ0n) is 16.0. The minimum atomic E-state index is 0.0872. The van der Waals surface area contributed by atoms with Crippen LogP contribution in [-0.4, -0.2) is 45.8 Å². The second-order valence-electron chi connectivity index (χ2n) is 7.34. The number of pyridine rings is 1. The average molecular weight is 349 g/mol. The molecule has 5 nitrogen and oxygen atoms in total. The van der Waals surface area contributed by atoms with E-state index in [1.165, 1.54) is 0 Å². The summed E-state index contributed by atoms with van der Waals surface area (Å²) in [4.78, 5) is 6.48. The summed E-state index contributed by atoms with van der Waals surface area (Å²) in [6.45, 7) is 6.11. The van der Waals surface area contributed by atoms with E-state index in [9.17, 15) is 0 Å². The molecule has 1 N–H and O–H groups in total. The van der Waals surface area contributed by atoms with Crippen molar-refractivity contribution in [2.75, 3.05) is 20.6 Å². The first-order valence-electron chi connectivity index (χ1n) is 8.90. The maximum atomic E-state index is 4.83. The van der Waals surface area contributed by atoms with Crippen LogP contribution in [0.4, 0.5) is 0 Å². The number of hydrogen-bond donors (Lipinski definition) is 1. The van der Waals surface area contributed by atoms with Gasteiger partial charge in [-0.05, 0) is 52.2 Å². The molecule has 3 aromatic rings. The summed E-state index contributed by atoms with van der Waals surface area (Å²) < 4.78 is 1.94. The number of hydrogen-bond acceptors (Lipinski definition) is 4. The highest BCUT2D eigenvalue weighted by Gasteiger charge is 2.20. The van der Waals surface area contributed by atoms with Crippen molar-refractivity contribution < 1.29 is 0 Å². The number of rotatable bonds is 7. The number of benzene rings is 1. The molecule has 2 aromatic heterocycles. The van der Waals surface area contributed by atoms with E-state index in [2.05, 4.69) is 67.5 Å². The van der Waals surface area contributed by atoms with Gasteiger partial charge in [0.15, 0.2) is 0 Å². The summed E-state index contributed by atoms with van der Waals surface area (Å²) in [6.07, 6.45) is 5.76. The Morgan fingerprint density at radius 3 is 2.50 bits per heavy atom. The van der Waals surface area contributed by atoms with E-state index < -0.39 is 0 Å². The number of para-hydroxylation sites is 1. The molecule has 0 radical (unpaired) electrons. The lowest BCUT2D eigenvalue weighted by atomic mass is 10.0. The summed E-state index contributed by atoms with van der Waals surface area (Å²) >= 11 is 0. The van der Waals surface area contributed by atoms with Gasteiger partial charge in [0, 0.05) is 48.3 Å². The van der Waals surface area contributed by atoms with Gasteiger partial charge in [0.05, 0.1) is 11.4 Å². The molecule has 26 heavy (non-hydrogen) atoms. The van der Waals surface area contributed by atoms with Crippen LogP contribution in [0, 0.1) is 0 Å². The fraction of sp³-hybridized carbons (Fsp3) is 0.333. The number of likely N-dealkylation sites (N-methyl/N-ethyl adjacent to an activating group) is 1. The van der Waals surface area contributed by atoms with E-state index in [1.807, 2.05) is 35.1 Å². The molecular formula is C21H27N5. The summed E-state index contributed by atoms with van der Waals surface area (Å²) in [7, 11) is 4.21. The molecular weight excluding hydrogens is 322 g/mol. The van der Waals surface area contributed by atoms with Crippen LogP contribution in [0.15, 0.2) is 61.1 Å². The van der Waals surface area contributed by atoms with Gasteiger partial charge in [0.1, 0.15) is 0 Å². The molecule has 0 atom stereocenters. The average Bonchev–Trinajstić information content (AvgIpc) is 3.07. The summed E-state index contributed by atoms with van der Waals surface area (Å²) in [5.41, 5.74) is 4.31. The summed E-state index contributed by atoms with van der Waals surface area (Å²) in [5, 5.41) is 8.41. The van der Waals surface area contributed by atoms with Crippen molar-refractivity contribution in [3.8, 4) is 16.9 Å². The summed E-state index contributed by atoms with van der Waals surface area (Å²) in [5.74, 6) is 0. The van der Waals surface area contributed by atoms with Gasteiger partial charge in [-0.25, -0.2) is 4.68 Å². The maximum absolute atomic E-state index is 4.83. The third-order valence-electron chi connectivity index (χ3n) is 4.83. The van der Waals surface area contributed by atoms with Gasteiger partial charge in [-0.15, -0.1) is 0 Å². The van der Waals surface area contributed by atoms with Crippen molar-refractivity contribution in [3.63, 3.8) is 0 Å². The lowest BCUT2D eigenvalue weighted by molar-refractivity contribution is 0.190. The molecule has 0 saturated heterocycles. The van der Waals surface area contributed by atoms with E-state index in [-0.39, 0.29) is 5.54 Å². The lowest BCUT2D eigenvalue weighted by Gasteiger charge is -2.32. The Morgan fingerprint density at radius 2 is 1.85 bits per heavy atom. The fourth-order valence-electron chi connectivity index (χ4n) is 2.66. The summed E-state index contributed by atoms with van der Waals surface area (Å²) in [6, 6.07) is 14.2. The van der Waals surface area contributed by atoms with Crippen molar-refractivity contribution in [1.29, 1.82) is 0 Å². The van der Waals surface area contributed by atoms with Crippen LogP contribution in [0.3, 0.4) is 0 Å². The first-order valence-corrected chi connectivity index (χ1v) is 8.90. The predicted octanol–water partition coefficient (Wildman–Crippen LogP) is 3.36. The zero-order chi connectivity index (χ0) is 18.6. The Kier molecular flexibility index (Phi) is 5.49. The molecule has 0 spiro atoms. The third kappa shape index (κ3) is 4.18. The van der Waals surface area contributed by atoms with Gasteiger partial charge in [-0.1, -0.05) is 18.2 Å².